The molecule has 1 fully saturated rings. The van der Waals surface area contributed by atoms with E-state index < -0.39 is 0 Å². The molecule has 1 aliphatic rings. The van der Waals surface area contributed by atoms with Crippen molar-refractivity contribution >= 4 is 22.6 Å². The van der Waals surface area contributed by atoms with E-state index >= 15 is 0 Å². The molecular formula is C19H22N2O3. The number of rotatable bonds is 5. The fourth-order valence-electron chi connectivity index (χ4n) is 3.11. The summed E-state index contributed by atoms with van der Waals surface area (Å²) in [5.74, 6) is 0.570. The van der Waals surface area contributed by atoms with Gasteiger partial charge in [0.25, 0.3) is 5.91 Å². The Morgan fingerprint density at radius 1 is 0.958 bits per heavy atom. The third-order valence-corrected chi connectivity index (χ3v) is 4.38. The highest BCUT2D eigenvalue weighted by atomic mass is 16.5. The van der Waals surface area contributed by atoms with Crippen molar-refractivity contribution in [3.05, 3.63) is 42.5 Å². The molecule has 2 amide bonds. The second-order valence-electron chi connectivity index (χ2n) is 6.25. The van der Waals surface area contributed by atoms with Crippen LogP contribution in [0.15, 0.2) is 42.5 Å². The molecular weight excluding hydrogens is 304 g/mol. The van der Waals surface area contributed by atoms with E-state index in [0.29, 0.717) is 18.1 Å². The van der Waals surface area contributed by atoms with Crippen LogP contribution in [-0.2, 0) is 9.59 Å². The first-order valence-corrected chi connectivity index (χ1v) is 8.40. The van der Waals surface area contributed by atoms with E-state index in [4.69, 9.17) is 4.74 Å². The highest BCUT2D eigenvalue weighted by molar-refractivity contribution is 5.84. The Morgan fingerprint density at radius 2 is 1.67 bits per heavy atom. The zero-order valence-corrected chi connectivity index (χ0v) is 13.6. The van der Waals surface area contributed by atoms with Crippen molar-refractivity contribution in [1.29, 1.82) is 0 Å². The summed E-state index contributed by atoms with van der Waals surface area (Å²) >= 11 is 0. The van der Waals surface area contributed by atoms with Crippen molar-refractivity contribution in [1.82, 2.24) is 10.9 Å². The fraction of sp³-hybridized carbons (Fsp3) is 0.368. The number of ether oxygens (including phenoxy) is 1. The number of nitrogens with one attached hydrogen (secondary N) is 2. The first-order chi connectivity index (χ1) is 11.7. The Balaban J connectivity index is 1.42. The first kappa shape index (κ1) is 16.3. The minimum absolute atomic E-state index is 0.137. The molecule has 126 valence electrons. The molecule has 5 heteroatoms. The van der Waals surface area contributed by atoms with Crippen LogP contribution in [0.1, 0.15) is 32.1 Å². The highest BCUT2D eigenvalue weighted by Crippen LogP contribution is 2.27. The maximum atomic E-state index is 11.8. The lowest BCUT2D eigenvalue weighted by Crippen LogP contribution is -2.44. The average Bonchev–Trinajstić information content (AvgIpc) is 3.11. The van der Waals surface area contributed by atoms with Gasteiger partial charge in [-0.15, -0.1) is 0 Å². The maximum absolute atomic E-state index is 11.8. The first-order valence-electron chi connectivity index (χ1n) is 8.40. The van der Waals surface area contributed by atoms with E-state index in [-0.39, 0.29) is 18.4 Å². The summed E-state index contributed by atoms with van der Waals surface area (Å²) in [6.07, 6.45) is 5.08. The Labute approximate surface area is 141 Å². The van der Waals surface area contributed by atoms with Crippen LogP contribution in [-0.4, -0.2) is 18.4 Å². The molecule has 0 aliphatic heterocycles. The second-order valence-corrected chi connectivity index (χ2v) is 6.25. The minimum atomic E-state index is -0.372. The Hall–Kier alpha value is -2.56. The van der Waals surface area contributed by atoms with Gasteiger partial charge in [-0.25, -0.2) is 0 Å². The van der Waals surface area contributed by atoms with E-state index in [0.717, 1.165) is 23.6 Å². The van der Waals surface area contributed by atoms with Crippen molar-refractivity contribution < 1.29 is 14.3 Å². The van der Waals surface area contributed by atoms with Crippen molar-refractivity contribution in [3.63, 3.8) is 0 Å². The van der Waals surface area contributed by atoms with E-state index in [1.807, 2.05) is 42.5 Å². The molecule has 2 aromatic rings. The molecule has 24 heavy (non-hydrogen) atoms. The monoisotopic (exact) mass is 326 g/mol. The van der Waals surface area contributed by atoms with Crippen LogP contribution in [0, 0.1) is 5.92 Å². The lowest BCUT2D eigenvalue weighted by Gasteiger charge is -2.11. The van der Waals surface area contributed by atoms with E-state index in [1.54, 1.807) is 0 Å². The Bertz CT molecular complexity index is 723. The molecule has 2 N–H and O–H groups in total. The second kappa shape index (κ2) is 7.81. The Morgan fingerprint density at radius 3 is 2.46 bits per heavy atom. The van der Waals surface area contributed by atoms with Crippen LogP contribution in [0.4, 0.5) is 0 Å². The number of hydrogen-bond acceptors (Lipinski definition) is 3. The number of carbonyl (C=O) groups is 2. The Kier molecular flexibility index (Phi) is 5.31. The van der Waals surface area contributed by atoms with Crippen molar-refractivity contribution in [2.24, 2.45) is 5.92 Å². The third-order valence-electron chi connectivity index (χ3n) is 4.38. The summed E-state index contributed by atoms with van der Waals surface area (Å²) < 4.78 is 5.48. The maximum Gasteiger partial charge on any atom is 0.276 e. The van der Waals surface area contributed by atoms with Crippen molar-refractivity contribution in [2.75, 3.05) is 6.61 Å². The normalized spacial score (nSPS) is 14.5. The molecule has 0 radical (unpaired) electrons. The van der Waals surface area contributed by atoms with Crippen LogP contribution in [0.5, 0.6) is 5.75 Å². The average molecular weight is 326 g/mol. The van der Waals surface area contributed by atoms with Gasteiger partial charge in [-0.1, -0.05) is 43.2 Å². The van der Waals surface area contributed by atoms with Crippen molar-refractivity contribution in [2.45, 2.75) is 32.1 Å². The SMILES string of the molecule is O=C(COc1ccc2ccccc2c1)NNC(=O)CC1CCCC1. The van der Waals surface area contributed by atoms with E-state index in [9.17, 15) is 9.59 Å². The van der Waals surface area contributed by atoms with Crippen LogP contribution in [0.3, 0.4) is 0 Å². The molecule has 3 rings (SSSR count). The van der Waals surface area contributed by atoms with Gasteiger partial charge < -0.3 is 4.74 Å². The zero-order valence-electron chi connectivity index (χ0n) is 13.6. The van der Waals surface area contributed by atoms with Gasteiger partial charge in [-0.3, -0.25) is 20.4 Å². The number of benzene rings is 2. The van der Waals surface area contributed by atoms with Gasteiger partial charge >= 0.3 is 0 Å². The number of carbonyl (C=O) groups excluding carboxylic acids is 2. The van der Waals surface area contributed by atoms with Crippen molar-refractivity contribution in [3.8, 4) is 5.75 Å². The van der Waals surface area contributed by atoms with Gasteiger partial charge in [0.1, 0.15) is 5.75 Å². The lowest BCUT2D eigenvalue weighted by atomic mass is 10.0. The van der Waals surface area contributed by atoms with Crippen LogP contribution in [0.2, 0.25) is 0 Å². The molecule has 0 bridgehead atoms. The summed E-state index contributed by atoms with van der Waals surface area (Å²) in [5.41, 5.74) is 4.86. The standard InChI is InChI=1S/C19H22N2O3/c22-18(11-14-5-1-2-6-14)20-21-19(23)13-24-17-10-9-15-7-3-4-8-16(15)12-17/h3-4,7-10,12,14H,1-2,5-6,11,13H2,(H,20,22)(H,21,23). The van der Waals surface area contributed by atoms with Gasteiger partial charge in [0.05, 0.1) is 0 Å². The zero-order chi connectivity index (χ0) is 16.8. The summed E-state index contributed by atoms with van der Waals surface area (Å²) in [6, 6.07) is 13.6. The molecule has 0 spiro atoms. The molecule has 1 aliphatic carbocycles. The smallest absolute Gasteiger partial charge is 0.276 e. The minimum Gasteiger partial charge on any atom is -0.484 e. The molecule has 2 aromatic carbocycles. The molecule has 0 heterocycles. The topological polar surface area (TPSA) is 67.4 Å². The lowest BCUT2D eigenvalue weighted by molar-refractivity contribution is -0.130. The number of amides is 2. The summed E-state index contributed by atoms with van der Waals surface area (Å²) in [4.78, 5) is 23.5. The van der Waals surface area contributed by atoms with Gasteiger partial charge in [-0.2, -0.15) is 0 Å². The van der Waals surface area contributed by atoms with E-state index in [1.165, 1.54) is 12.8 Å². The number of hydrazine groups is 1. The predicted molar refractivity (Wildman–Crippen MR) is 92.3 cm³/mol. The third kappa shape index (κ3) is 4.47. The molecule has 0 aromatic heterocycles. The van der Waals surface area contributed by atoms with E-state index in [2.05, 4.69) is 10.9 Å². The largest absolute Gasteiger partial charge is 0.484 e. The quantitative estimate of drug-likeness (QED) is 0.830. The van der Waals surface area contributed by atoms with Crippen LogP contribution in [0.25, 0.3) is 10.8 Å². The molecule has 0 saturated heterocycles. The molecule has 0 unspecified atom stereocenters. The summed E-state index contributed by atoms with van der Waals surface area (Å²) in [5, 5.41) is 2.17. The fourth-order valence-corrected chi connectivity index (χ4v) is 3.11. The molecule has 1 saturated carbocycles. The van der Waals surface area contributed by atoms with Crippen LogP contribution < -0.4 is 15.6 Å². The van der Waals surface area contributed by atoms with Gasteiger partial charge in [-0.05, 0) is 41.7 Å². The summed E-state index contributed by atoms with van der Waals surface area (Å²) in [7, 11) is 0. The number of fused-ring (bicyclic) bond motifs is 1. The van der Waals surface area contributed by atoms with Gasteiger partial charge in [0, 0.05) is 6.42 Å². The highest BCUT2D eigenvalue weighted by Gasteiger charge is 2.18. The number of hydrogen-bond donors (Lipinski definition) is 2. The van der Waals surface area contributed by atoms with Gasteiger partial charge in [0.2, 0.25) is 5.91 Å². The molecule has 0 atom stereocenters. The predicted octanol–water partition coefficient (Wildman–Crippen LogP) is 2.95. The van der Waals surface area contributed by atoms with Gasteiger partial charge in [0.15, 0.2) is 6.61 Å². The molecule has 5 nitrogen and oxygen atoms in total. The van der Waals surface area contributed by atoms with Crippen LogP contribution >= 0.6 is 0 Å². The summed E-state index contributed by atoms with van der Waals surface area (Å²) in [6.45, 7) is -0.137.